The normalized spacial score (nSPS) is 17.1. The molecule has 1 N–H and O–H groups in total. The highest BCUT2D eigenvalue weighted by molar-refractivity contribution is 5.84. The van der Waals surface area contributed by atoms with E-state index < -0.39 is 17.6 Å². The minimum atomic E-state index is -5.08. The van der Waals surface area contributed by atoms with Gasteiger partial charge in [0.05, 0.1) is 6.04 Å². The molecule has 0 spiro atoms. The lowest BCUT2D eigenvalue weighted by atomic mass is 9.94. The van der Waals surface area contributed by atoms with Gasteiger partial charge in [-0.15, -0.1) is 0 Å². The third-order valence-corrected chi connectivity index (χ3v) is 3.16. The van der Waals surface area contributed by atoms with Gasteiger partial charge in [-0.05, 0) is 17.7 Å². The summed E-state index contributed by atoms with van der Waals surface area (Å²) in [6.45, 7) is 5.56. The highest BCUT2D eigenvalue weighted by Gasteiger charge is 2.38. The average molecular weight is 362 g/mol. The van der Waals surface area contributed by atoms with Crippen LogP contribution in [-0.4, -0.2) is 34.4 Å². The second-order valence-electron chi connectivity index (χ2n) is 6.31. The van der Waals surface area contributed by atoms with E-state index in [0.717, 1.165) is 5.56 Å². The van der Waals surface area contributed by atoms with E-state index in [1.807, 2.05) is 26.8 Å². The fourth-order valence-electron chi connectivity index (χ4n) is 1.94. The van der Waals surface area contributed by atoms with E-state index in [4.69, 9.17) is 9.90 Å². The van der Waals surface area contributed by atoms with Crippen molar-refractivity contribution in [2.45, 2.75) is 39.4 Å². The van der Waals surface area contributed by atoms with Gasteiger partial charge >= 0.3 is 12.1 Å². The Balaban J connectivity index is 0.000000381. The maximum atomic E-state index is 13.2. The summed E-state index contributed by atoms with van der Waals surface area (Å²) in [5, 5.41) is 12.7. The Morgan fingerprint density at radius 2 is 1.80 bits per heavy atom. The molecule has 0 aliphatic carbocycles. The molecule has 1 aromatic carbocycles. The van der Waals surface area contributed by atoms with Gasteiger partial charge in [0.2, 0.25) is 5.91 Å². The molecular formula is C16H18F4N2O3. The van der Waals surface area contributed by atoms with Crippen molar-refractivity contribution < 1.29 is 32.3 Å². The molecule has 0 unspecified atom stereocenters. The van der Waals surface area contributed by atoms with Crippen LogP contribution in [0.15, 0.2) is 29.4 Å². The maximum Gasteiger partial charge on any atom is 0.490 e. The molecule has 1 aromatic rings. The van der Waals surface area contributed by atoms with Crippen LogP contribution in [0.4, 0.5) is 17.6 Å². The SMILES string of the molecule is CC(C)(C)C(=O)N1N=CC[C@H]1c1cccc(F)c1.O=C(O)C(F)(F)F. The van der Waals surface area contributed by atoms with Crippen LogP contribution in [0, 0.1) is 11.2 Å². The molecule has 0 bridgehead atoms. The molecule has 1 amide bonds. The molecule has 138 valence electrons. The number of benzene rings is 1. The van der Waals surface area contributed by atoms with E-state index >= 15 is 0 Å². The lowest BCUT2D eigenvalue weighted by Gasteiger charge is -2.28. The number of carbonyl (C=O) groups excluding carboxylic acids is 1. The molecule has 2 rings (SSSR count). The monoisotopic (exact) mass is 362 g/mol. The zero-order chi connectivity index (χ0) is 19.4. The zero-order valence-electron chi connectivity index (χ0n) is 13.8. The minimum absolute atomic E-state index is 0.0505. The number of amides is 1. The third-order valence-electron chi connectivity index (χ3n) is 3.16. The smallest absolute Gasteiger partial charge is 0.475 e. The number of hydrazone groups is 1. The van der Waals surface area contributed by atoms with Crippen molar-refractivity contribution in [2.75, 3.05) is 0 Å². The quantitative estimate of drug-likeness (QED) is 0.774. The third kappa shape index (κ3) is 5.84. The first-order valence-corrected chi connectivity index (χ1v) is 7.25. The standard InChI is InChI=1S/C14H17FN2O.C2HF3O2/c1-14(2,3)13(18)17-12(7-8-16-17)10-5-4-6-11(15)9-10;3-2(4,5)1(6)7/h4-6,8-9,12H,7H2,1-3H3;(H,6,7)/t12-;/m0./s1. The highest BCUT2D eigenvalue weighted by Crippen LogP contribution is 2.32. The van der Waals surface area contributed by atoms with E-state index in [9.17, 15) is 22.4 Å². The number of hydrogen-bond acceptors (Lipinski definition) is 3. The number of rotatable bonds is 1. The molecular weight excluding hydrogens is 344 g/mol. The highest BCUT2D eigenvalue weighted by atomic mass is 19.4. The predicted molar refractivity (Wildman–Crippen MR) is 82.2 cm³/mol. The first kappa shape index (κ1) is 20.6. The van der Waals surface area contributed by atoms with Crippen LogP contribution in [0.1, 0.15) is 38.8 Å². The molecule has 0 saturated carbocycles. The summed E-state index contributed by atoms with van der Waals surface area (Å²) in [4.78, 5) is 21.1. The van der Waals surface area contributed by atoms with Crippen LogP contribution in [0.5, 0.6) is 0 Å². The number of carbonyl (C=O) groups is 2. The summed E-state index contributed by atoms with van der Waals surface area (Å²) in [5.41, 5.74) is 0.290. The van der Waals surface area contributed by atoms with E-state index in [-0.39, 0.29) is 17.8 Å². The number of alkyl halides is 3. The van der Waals surface area contributed by atoms with Gasteiger partial charge in [-0.3, -0.25) is 4.79 Å². The molecule has 1 aliphatic rings. The fraction of sp³-hybridized carbons (Fsp3) is 0.438. The number of hydrogen-bond donors (Lipinski definition) is 1. The van der Waals surface area contributed by atoms with Gasteiger partial charge in [0, 0.05) is 18.1 Å². The van der Waals surface area contributed by atoms with Crippen molar-refractivity contribution in [3.05, 3.63) is 35.6 Å². The van der Waals surface area contributed by atoms with Crippen molar-refractivity contribution in [1.82, 2.24) is 5.01 Å². The minimum Gasteiger partial charge on any atom is -0.475 e. The molecule has 0 radical (unpaired) electrons. The van der Waals surface area contributed by atoms with Gasteiger partial charge < -0.3 is 5.11 Å². The molecule has 25 heavy (non-hydrogen) atoms. The van der Waals surface area contributed by atoms with Crippen LogP contribution in [0.3, 0.4) is 0 Å². The van der Waals surface area contributed by atoms with Crippen molar-refractivity contribution >= 4 is 18.1 Å². The van der Waals surface area contributed by atoms with Crippen molar-refractivity contribution in [1.29, 1.82) is 0 Å². The first-order valence-electron chi connectivity index (χ1n) is 7.25. The Morgan fingerprint density at radius 1 is 1.24 bits per heavy atom. The van der Waals surface area contributed by atoms with Gasteiger partial charge in [-0.2, -0.15) is 18.3 Å². The van der Waals surface area contributed by atoms with Gasteiger partial charge in [0.1, 0.15) is 5.82 Å². The molecule has 0 aromatic heterocycles. The van der Waals surface area contributed by atoms with Gasteiger partial charge in [-0.1, -0.05) is 32.9 Å². The number of nitrogens with zero attached hydrogens (tertiary/aromatic N) is 2. The van der Waals surface area contributed by atoms with Crippen LogP contribution in [0.25, 0.3) is 0 Å². The van der Waals surface area contributed by atoms with Crippen molar-refractivity contribution in [2.24, 2.45) is 10.5 Å². The van der Waals surface area contributed by atoms with Gasteiger partial charge in [0.15, 0.2) is 0 Å². The second kappa shape index (κ2) is 7.62. The predicted octanol–water partition coefficient (Wildman–Crippen LogP) is 3.76. The summed E-state index contributed by atoms with van der Waals surface area (Å²) in [6.07, 6.45) is -2.75. The zero-order valence-corrected chi connectivity index (χ0v) is 13.8. The molecule has 0 fully saturated rings. The Labute approximate surface area is 141 Å². The summed E-state index contributed by atoms with van der Waals surface area (Å²) in [5.74, 6) is -3.10. The lowest BCUT2D eigenvalue weighted by Crippen LogP contribution is -2.36. The van der Waals surface area contributed by atoms with Gasteiger partial charge in [0.25, 0.3) is 0 Å². The average Bonchev–Trinajstić information content (AvgIpc) is 2.94. The molecule has 1 aliphatic heterocycles. The molecule has 0 saturated heterocycles. The Kier molecular flexibility index (Phi) is 6.28. The summed E-state index contributed by atoms with van der Waals surface area (Å²) < 4.78 is 45.0. The fourth-order valence-corrected chi connectivity index (χ4v) is 1.94. The van der Waals surface area contributed by atoms with E-state index in [1.165, 1.54) is 17.1 Å². The summed E-state index contributed by atoms with van der Waals surface area (Å²) in [6, 6.07) is 6.15. The molecule has 5 nitrogen and oxygen atoms in total. The Bertz CT molecular complexity index is 666. The number of aliphatic carboxylic acids is 1. The Morgan fingerprint density at radius 3 is 2.24 bits per heavy atom. The largest absolute Gasteiger partial charge is 0.490 e. The molecule has 1 atom stereocenters. The number of carboxylic acid groups (broad SMARTS) is 1. The molecule has 9 heteroatoms. The van der Waals surface area contributed by atoms with Crippen LogP contribution < -0.4 is 0 Å². The van der Waals surface area contributed by atoms with Gasteiger partial charge in [-0.25, -0.2) is 14.2 Å². The summed E-state index contributed by atoms with van der Waals surface area (Å²) in [7, 11) is 0. The summed E-state index contributed by atoms with van der Waals surface area (Å²) >= 11 is 0. The maximum absolute atomic E-state index is 13.2. The van der Waals surface area contributed by atoms with Crippen molar-refractivity contribution in [3.8, 4) is 0 Å². The Hall–Kier alpha value is -2.45. The molecule has 1 heterocycles. The first-order chi connectivity index (χ1) is 11.3. The van der Waals surface area contributed by atoms with Crippen LogP contribution in [0.2, 0.25) is 0 Å². The van der Waals surface area contributed by atoms with Crippen molar-refractivity contribution in [3.63, 3.8) is 0 Å². The van der Waals surface area contributed by atoms with E-state index in [2.05, 4.69) is 5.10 Å². The number of halogens is 4. The van der Waals surface area contributed by atoms with E-state index in [0.29, 0.717) is 6.42 Å². The lowest BCUT2D eigenvalue weighted by molar-refractivity contribution is -0.192. The second-order valence-corrected chi connectivity index (χ2v) is 6.31. The van der Waals surface area contributed by atoms with E-state index in [1.54, 1.807) is 12.3 Å². The van der Waals surface area contributed by atoms with Crippen LogP contribution >= 0.6 is 0 Å². The topological polar surface area (TPSA) is 70.0 Å². The van der Waals surface area contributed by atoms with Crippen LogP contribution in [-0.2, 0) is 9.59 Å². The number of carboxylic acids is 1.